The summed E-state index contributed by atoms with van der Waals surface area (Å²) in [5, 5.41) is 6.44. The van der Waals surface area contributed by atoms with Gasteiger partial charge in [0.2, 0.25) is 0 Å². The molecule has 7 heteroatoms. The molecule has 23 heavy (non-hydrogen) atoms. The molecule has 1 rings (SSSR count). The van der Waals surface area contributed by atoms with Gasteiger partial charge in [-0.25, -0.2) is 0 Å². The van der Waals surface area contributed by atoms with Crippen LogP contribution in [0.15, 0.2) is 29.3 Å². The first-order chi connectivity index (χ1) is 10.7. The zero-order chi connectivity index (χ0) is 16.2. The lowest BCUT2D eigenvalue weighted by Gasteiger charge is -2.13. The molecule has 0 amide bonds. The fourth-order valence-electron chi connectivity index (χ4n) is 1.77. The quantitative estimate of drug-likeness (QED) is 0.266. The highest BCUT2D eigenvalue weighted by Gasteiger charge is 2.00. The molecule has 0 aromatic heterocycles. The van der Waals surface area contributed by atoms with Crippen molar-refractivity contribution < 1.29 is 9.47 Å². The summed E-state index contributed by atoms with van der Waals surface area (Å²) < 4.78 is 10.7. The Bertz CT molecular complexity index is 455. The standard InChI is InChI=1S/C16H28N4O2.HI/c1-17-16(18-8-10-21-4)19-13-14-6-5-7-15(12-14)22-11-9-20(2)3;/h5-7,12H,8-11,13H2,1-4H3,(H2,17,18,19);1H. The van der Waals surface area contributed by atoms with Crippen molar-refractivity contribution in [1.29, 1.82) is 0 Å². The second-order valence-electron chi connectivity index (χ2n) is 5.14. The number of guanidine groups is 1. The maximum atomic E-state index is 5.74. The van der Waals surface area contributed by atoms with Crippen LogP contribution in [0.5, 0.6) is 5.75 Å². The third-order valence-corrected chi connectivity index (χ3v) is 2.99. The van der Waals surface area contributed by atoms with Crippen LogP contribution in [0.25, 0.3) is 0 Å². The van der Waals surface area contributed by atoms with Crippen LogP contribution in [0.4, 0.5) is 0 Å². The lowest BCUT2D eigenvalue weighted by Crippen LogP contribution is -2.38. The van der Waals surface area contributed by atoms with Crippen LogP contribution in [0.2, 0.25) is 0 Å². The zero-order valence-electron chi connectivity index (χ0n) is 14.5. The first-order valence-corrected chi connectivity index (χ1v) is 7.45. The maximum absolute atomic E-state index is 5.74. The molecule has 0 atom stereocenters. The van der Waals surface area contributed by atoms with Gasteiger partial charge in [0.15, 0.2) is 5.96 Å². The number of ether oxygens (including phenoxy) is 2. The summed E-state index contributed by atoms with van der Waals surface area (Å²) in [4.78, 5) is 6.27. The van der Waals surface area contributed by atoms with Crippen LogP contribution in [-0.4, -0.2) is 65.4 Å². The van der Waals surface area contributed by atoms with Crippen LogP contribution >= 0.6 is 24.0 Å². The van der Waals surface area contributed by atoms with Gasteiger partial charge in [0, 0.05) is 33.8 Å². The molecule has 0 aliphatic rings. The number of aliphatic imine (C=N–C) groups is 1. The average Bonchev–Trinajstić information content (AvgIpc) is 2.51. The molecule has 0 fully saturated rings. The predicted octanol–water partition coefficient (Wildman–Crippen LogP) is 1.56. The van der Waals surface area contributed by atoms with Crippen molar-refractivity contribution in [2.75, 3.05) is 54.6 Å². The van der Waals surface area contributed by atoms with Gasteiger partial charge in [0.25, 0.3) is 0 Å². The number of likely N-dealkylation sites (N-methyl/N-ethyl adjacent to an activating group) is 1. The molecular weight excluding hydrogens is 407 g/mol. The molecule has 1 aromatic carbocycles. The molecule has 0 heterocycles. The van der Waals surface area contributed by atoms with E-state index in [1.807, 2.05) is 32.3 Å². The molecule has 0 aliphatic heterocycles. The molecule has 0 radical (unpaired) electrons. The monoisotopic (exact) mass is 436 g/mol. The van der Waals surface area contributed by atoms with Gasteiger partial charge in [-0.2, -0.15) is 0 Å². The van der Waals surface area contributed by atoms with Crippen molar-refractivity contribution in [3.8, 4) is 5.75 Å². The van der Waals surface area contributed by atoms with E-state index in [-0.39, 0.29) is 24.0 Å². The number of nitrogens with zero attached hydrogens (tertiary/aromatic N) is 2. The summed E-state index contributed by atoms with van der Waals surface area (Å²) >= 11 is 0. The summed E-state index contributed by atoms with van der Waals surface area (Å²) in [5.74, 6) is 1.65. The van der Waals surface area contributed by atoms with Gasteiger partial charge in [0.1, 0.15) is 12.4 Å². The van der Waals surface area contributed by atoms with E-state index in [1.165, 1.54) is 0 Å². The number of methoxy groups -OCH3 is 1. The van der Waals surface area contributed by atoms with Crippen LogP contribution in [0.1, 0.15) is 5.56 Å². The Morgan fingerprint density at radius 1 is 1.22 bits per heavy atom. The fraction of sp³-hybridized carbons (Fsp3) is 0.562. The topological polar surface area (TPSA) is 58.1 Å². The second-order valence-corrected chi connectivity index (χ2v) is 5.14. The Morgan fingerprint density at radius 3 is 2.65 bits per heavy atom. The highest BCUT2D eigenvalue weighted by molar-refractivity contribution is 14.0. The van der Waals surface area contributed by atoms with Crippen LogP contribution < -0.4 is 15.4 Å². The maximum Gasteiger partial charge on any atom is 0.191 e. The van der Waals surface area contributed by atoms with Gasteiger partial charge in [-0.15, -0.1) is 24.0 Å². The predicted molar refractivity (Wildman–Crippen MR) is 106 cm³/mol. The highest BCUT2D eigenvalue weighted by atomic mass is 127. The molecule has 6 nitrogen and oxygen atoms in total. The zero-order valence-corrected chi connectivity index (χ0v) is 16.8. The second kappa shape index (κ2) is 13.4. The number of rotatable bonds is 9. The summed E-state index contributed by atoms with van der Waals surface area (Å²) in [6, 6.07) is 8.09. The normalized spacial score (nSPS) is 11.1. The lowest BCUT2D eigenvalue weighted by molar-refractivity contribution is 0.203. The molecule has 0 unspecified atom stereocenters. The number of benzene rings is 1. The van der Waals surface area contributed by atoms with E-state index in [9.17, 15) is 0 Å². The Kier molecular flexibility index (Phi) is 12.8. The highest BCUT2D eigenvalue weighted by Crippen LogP contribution is 2.13. The van der Waals surface area contributed by atoms with E-state index in [1.54, 1.807) is 14.2 Å². The van der Waals surface area contributed by atoms with Crippen molar-refractivity contribution in [1.82, 2.24) is 15.5 Å². The van der Waals surface area contributed by atoms with E-state index in [2.05, 4.69) is 26.6 Å². The number of hydrogen-bond acceptors (Lipinski definition) is 4. The third-order valence-electron chi connectivity index (χ3n) is 2.99. The first kappa shape index (κ1) is 21.9. The van der Waals surface area contributed by atoms with E-state index >= 15 is 0 Å². The van der Waals surface area contributed by atoms with Crippen LogP contribution in [0.3, 0.4) is 0 Å². The Labute approximate surface area is 156 Å². The largest absolute Gasteiger partial charge is 0.492 e. The SMILES string of the molecule is CN=C(NCCOC)NCc1cccc(OCCN(C)C)c1.I. The molecule has 2 N–H and O–H groups in total. The fourth-order valence-corrected chi connectivity index (χ4v) is 1.77. The van der Waals surface area contributed by atoms with Crippen molar-refractivity contribution >= 4 is 29.9 Å². The smallest absolute Gasteiger partial charge is 0.191 e. The number of hydrogen-bond donors (Lipinski definition) is 2. The summed E-state index contributed by atoms with van der Waals surface area (Å²) in [6.45, 7) is 3.65. The van der Waals surface area contributed by atoms with E-state index < -0.39 is 0 Å². The molecule has 1 aromatic rings. The average molecular weight is 436 g/mol. The molecular formula is C16H29IN4O2. The number of halogens is 1. The van der Waals surface area contributed by atoms with Gasteiger partial charge >= 0.3 is 0 Å². The van der Waals surface area contributed by atoms with Gasteiger partial charge in [-0.05, 0) is 31.8 Å². The summed E-state index contributed by atoms with van der Waals surface area (Å²) in [5.41, 5.74) is 1.15. The molecule has 0 bridgehead atoms. The van der Waals surface area contributed by atoms with Crippen molar-refractivity contribution in [3.05, 3.63) is 29.8 Å². The molecule has 132 valence electrons. The van der Waals surface area contributed by atoms with Gasteiger partial charge in [0.05, 0.1) is 6.61 Å². The molecule has 0 aliphatic carbocycles. The minimum absolute atomic E-state index is 0. The molecule has 0 saturated heterocycles. The lowest BCUT2D eigenvalue weighted by atomic mass is 10.2. The van der Waals surface area contributed by atoms with Gasteiger partial charge in [-0.3, -0.25) is 4.99 Å². The van der Waals surface area contributed by atoms with Crippen molar-refractivity contribution in [3.63, 3.8) is 0 Å². The summed E-state index contributed by atoms with van der Waals surface area (Å²) in [7, 11) is 7.50. The third kappa shape index (κ3) is 10.4. The van der Waals surface area contributed by atoms with Crippen LogP contribution in [-0.2, 0) is 11.3 Å². The van der Waals surface area contributed by atoms with E-state index in [0.717, 1.165) is 30.4 Å². The summed E-state index contributed by atoms with van der Waals surface area (Å²) in [6.07, 6.45) is 0. The minimum atomic E-state index is 0. The van der Waals surface area contributed by atoms with Gasteiger partial charge in [-0.1, -0.05) is 12.1 Å². The van der Waals surface area contributed by atoms with Crippen molar-refractivity contribution in [2.24, 2.45) is 4.99 Å². The Morgan fingerprint density at radius 2 is 2.00 bits per heavy atom. The Hall–Kier alpha value is -1.06. The molecule has 0 saturated carbocycles. The number of nitrogens with one attached hydrogen (secondary N) is 2. The van der Waals surface area contributed by atoms with Crippen molar-refractivity contribution in [2.45, 2.75) is 6.54 Å². The first-order valence-electron chi connectivity index (χ1n) is 7.45. The Balaban J connectivity index is 0.00000484. The van der Waals surface area contributed by atoms with Crippen LogP contribution in [0, 0.1) is 0 Å². The van der Waals surface area contributed by atoms with E-state index in [0.29, 0.717) is 19.8 Å². The minimum Gasteiger partial charge on any atom is -0.492 e. The molecule has 0 spiro atoms. The van der Waals surface area contributed by atoms with E-state index in [4.69, 9.17) is 9.47 Å². The van der Waals surface area contributed by atoms with Gasteiger partial charge < -0.3 is 25.0 Å².